The van der Waals surface area contributed by atoms with E-state index in [2.05, 4.69) is 15.4 Å². The highest BCUT2D eigenvalue weighted by Crippen LogP contribution is 2.36. The summed E-state index contributed by atoms with van der Waals surface area (Å²) in [6, 6.07) is 3.48. The molecule has 3 aromatic heterocycles. The maximum atomic E-state index is 12.8. The largest absolute Gasteiger partial charge is 0.461 e. The number of rotatable bonds is 7. The molecule has 32 heavy (non-hydrogen) atoms. The monoisotopic (exact) mass is 456 g/mol. The van der Waals surface area contributed by atoms with Gasteiger partial charge in [-0.25, -0.2) is 14.5 Å². The molecule has 168 valence electrons. The van der Waals surface area contributed by atoms with Crippen LogP contribution >= 0.6 is 11.8 Å². The summed E-state index contributed by atoms with van der Waals surface area (Å²) in [4.78, 5) is 42.5. The van der Waals surface area contributed by atoms with Crippen molar-refractivity contribution in [2.45, 2.75) is 56.9 Å². The van der Waals surface area contributed by atoms with Crippen molar-refractivity contribution in [3.63, 3.8) is 0 Å². The van der Waals surface area contributed by atoms with Gasteiger partial charge >= 0.3 is 5.69 Å². The summed E-state index contributed by atoms with van der Waals surface area (Å²) in [5.41, 5.74) is 1.05. The van der Waals surface area contributed by atoms with E-state index in [1.807, 2.05) is 6.92 Å². The molecule has 0 radical (unpaired) electrons. The Hall–Kier alpha value is -3.08. The van der Waals surface area contributed by atoms with Crippen LogP contribution in [0.2, 0.25) is 0 Å². The summed E-state index contributed by atoms with van der Waals surface area (Å²) in [5.74, 6) is 1.54. The first-order valence-corrected chi connectivity index (χ1v) is 11.6. The van der Waals surface area contributed by atoms with Crippen molar-refractivity contribution < 1.29 is 9.21 Å². The van der Waals surface area contributed by atoms with Crippen molar-refractivity contribution >= 4 is 17.7 Å². The molecule has 1 atom stereocenters. The van der Waals surface area contributed by atoms with E-state index in [0.29, 0.717) is 28.1 Å². The van der Waals surface area contributed by atoms with Crippen LogP contribution in [0.15, 0.2) is 37.6 Å². The van der Waals surface area contributed by atoms with Gasteiger partial charge in [-0.15, -0.1) is 5.10 Å². The van der Waals surface area contributed by atoms with Crippen LogP contribution < -0.4 is 16.6 Å². The van der Waals surface area contributed by atoms with Crippen molar-refractivity contribution in [3.8, 4) is 11.6 Å². The highest BCUT2D eigenvalue weighted by Gasteiger charge is 2.31. The molecule has 1 N–H and O–H groups in total. The Kier molecular flexibility index (Phi) is 5.28. The van der Waals surface area contributed by atoms with Crippen LogP contribution in [0.4, 0.5) is 0 Å². The third-order valence-electron chi connectivity index (χ3n) is 5.91. The quantitative estimate of drug-likeness (QED) is 0.538. The first-order valence-electron chi connectivity index (χ1n) is 10.7. The molecule has 0 unspecified atom stereocenters. The molecule has 1 fully saturated rings. The molecule has 5 rings (SSSR count). The summed E-state index contributed by atoms with van der Waals surface area (Å²) in [7, 11) is 0. The van der Waals surface area contributed by atoms with Crippen LogP contribution in [0.3, 0.4) is 0 Å². The zero-order valence-electron chi connectivity index (χ0n) is 17.9. The number of aryl methyl sites for hydroxylation is 1. The Bertz CT molecular complexity index is 1280. The molecule has 1 aliphatic carbocycles. The number of hydrogen-bond acceptors (Lipinski definition) is 7. The molecule has 0 spiro atoms. The number of hydrogen-bond donors (Lipinski definition) is 1. The highest BCUT2D eigenvalue weighted by atomic mass is 32.2. The van der Waals surface area contributed by atoms with Gasteiger partial charge in [-0.2, -0.15) is 0 Å². The Morgan fingerprint density at radius 3 is 2.81 bits per heavy atom. The molecule has 0 saturated heterocycles. The first-order chi connectivity index (χ1) is 15.4. The van der Waals surface area contributed by atoms with E-state index in [4.69, 9.17) is 4.42 Å². The molecule has 1 saturated carbocycles. The van der Waals surface area contributed by atoms with Gasteiger partial charge in [0.1, 0.15) is 0 Å². The normalized spacial score (nSPS) is 17.5. The Morgan fingerprint density at radius 1 is 1.28 bits per heavy atom. The molecule has 1 aliphatic heterocycles. The van der Waals surface area contributed by atoms with E-state index in [1.54, 1.807) is 34.5 Å². The number of carbonyl (C=O) groups excluding carboxylic acids is 1. The topological polar surface area (TPSA) is 117 Å². The van der Waals surface area contributed by atoms with Crippen molar-refractivity contribution in [1.29, 1.82) is 0 Å². The van der Waals surface area contributed by atoms with Crippen molar-refractivity contribution in [2.24, 2.45) is 0 Å². The lowest BCUT2D eigenvalue weighted by molar-refractivity contribution is -0.121. The predicted octanol–water partition coefficient (Wildman–Crippen LogP) is 1.67. The van der Waals surface area contributed by atoms with Gasteiger partial charge in [-0.3, -0.25) is 18.7 Å². The van der Waals surface area contributed by atoms with Gasteiger partial charge < -0.3 is 9.73 Å². The molecule has 1 amide bonds. The minimum absolute atomic E-state index is 0.0853. The third-order valence-corrected chi connectivity index (χ3v) is 7.01. The lowest BCUT2D eigenvalue weighted by Crippen LogP contribution is -2.34. The van der Waals surface area contributed by atoms with Gasteiger partial charge in [0.05, 0.1) is 18.8 Å². The van der Waals surface area contributed by atoms with E-state index in [9.17, 15) is 14.4 Å². The second kappa shape index (κ2) is 8.12. The summed E-state index contributed by atoms with van der Waals surface area (Å²) in [5, 5.41) is 7.96. The van der Waals surface area contributed by atoms with Crippen LogP contribution in [-0.4, -0.2) is 42.1 Å². The lowest BCUT2D eigenvalue weighted by atomic mass is 10.2. The molecule has 11 heteroatoms. The summed E-state index contributed by atoms with van der Waals surface area (Å²) < 4.78 is 10.1. The van der Waals surface area contributed by atoms with Gasteiger partial charge in [0.25, 0.3) is 5.56 Å². The highest BCUT2D eigenvalue weighted by molar-refractivity contribution is 7.99. The molecule has 0 aromatic carbocycles. The standard InChI is InChI=1S/C21H24N6O4S/c1-12-13(2)23-20-27(19(12)29)15(11-32-20)10-17(28)22-7-8-25-21(30)26(14-5-6-14)18(24-25)16-4-3-9-31-16/h3-4,9,14-15H,5-8,10-11H2,1-2H3,(H,22,28)/t15-/m1/s1. The first kappa shape index (κ1) is 20.8. The van der Waals surface area contributed by atoms with Crippen LogP contribution in [0, 0.1) is 13.8 Å². The fourth-order valence-corrected chi connectivity index (χ4v) is 5.09. The van der Waals surface area contributed by atoms with Gasteiger partial charge in [0, 0.05) is 36.0 Å². The zero-order valence-corrected chi connectivity index (χ0v) is 18.7. The number of furan rings is 1. The fraction of sp³-hybridized carbons (Fsp3) is 0.476. The molecular formula is C21H24N6O4S. The number of carbonyl (C=O) groups is 1. The number of thioether (sulfide) groups is 1. The molecule has 10 nitrogen and oxygen atoms in total. The van der Waals surface area contributed by atoms with Gasteiger partial charge in [0.2, 0.25) is 11.7 Å². The second-order valence-electron chi connectivity index (χ2n) is 8.21. The lowest BCUT2D eigenvalue weighted by Gasteiger charge is -2.14. The average Bonchev–Trinajstić information content (AvgIpc) is 3.16. The fourth-order valence-electron chi connectivity index (χ4n) is 3.91. The zero-order chi connectivity index (χ0) is 22.4. The van der Waals surface area contributed by atoms with Gasteiger partial charge in [0.15, 0.2) is 10.9 Å². The SMILES string of the molecule is Cc1nc2n(c(=O)c1C)[C@H](CC(=O)NCCn1nc(-c3ccco3)n(C3CC3)c1=O)CS2. The minimum Gasteiger partial charge on any atom is -0.461 e. The van der Waals surface area contributed by atoms with Crippen molar-refractivity contribution in [1.82, 2.24) is 29.2 Å². The maximum absolute atomic E-state index is 12.8. The van der Waals surface area contributed by atoms with E-state index >= 15 is 0 Å². The maximum Gasteiger partial charge on any atom is 0.346 e. The van der Waals surface area contributed by atoms with Crippen LogP contribution in [0.25, 0.3) is 11.6 Å². The molecule has 0 bridgehead atoms. The minimum atomic E-state index is -0.225. The third kappa shape index (κ3) is 3.70. The molecule has 4 heterocycles. The number of fused-ring (bicyclic) bond motifs is 1. The summed E-state index contributed by atoms with van der Waals surface area (Å²) >= 11 is 1.49. The smallest absolute Gasteiger partial charge is 0.346 e. The van der Waals surface area contributed by atoms with Gasteiger partial charge in [-0.05, 0) is 38.8 Å². The van der Waals surface area contributed by atoms with E-state index in [1.165, 1.54) is 16.4 Å². The van der Waals surface area contributed by atoms with E-state index in [-0.39, 0.29) is 48.8 Å². The van der Waals surface area contributed by atoms with Crippen LogP contribution in [-0.2, 0) is 11.3 Å². The van der Waals surface area contributed by atoms with Gasteiger partial charge in [-0.1, -0.05) is 11.8 Å². The number of amides is 1. The van der Waals surface area contributed by atoms with Crippen molar-refractivity contribution in [2.75, 3.05) is 12.3 Å². The average molecular weight is 457 g/mol. The molecule has 3 aromatic rings. The second-order valence-corrected chi connectivity index (χ2v) is 9.19. The Balaban J connectivity index is 1.24. The van der Waals surface area contributed by atoms with Crippen LogP contribution in [0.5, 0.6) is 0 Å². The van der Waals surface area contributed by atoms with Crippen molar-refractivity contribution in [3.05, 3.63) is 50.5 Å². The number of nitrogens with zero attached hydrogens (tertiary/aromatic N) is 5. The van der Waals surface area contributed by atoms with Crippen LogP contribution in [0.1, 0.15) is 42.6 Å². The Morgan fingerprint density at radius 2 is 2.09 bits per heavy atom. The summed E-state index contributed by atoms with van der Waals surface area (Å²) in [6.45, 7) is 4.11. The number of aromatic nitrogens is 5. The Labute approximate surface area is 187 Å². The van der Waals surface area contributed by atoms with E-state index in [0.717, 1.165) is 18.5 Å². The molecular weight excluding hydrogens is 432 g/mol. The van der Waals surface area contributed by atoms with E-state index < -0.39 is 0 Å². The summed E-state index contributed by atoms with van der Waals surface area (Å²) in [6.07, 6.45) is 3.64. The number of nitrogens with one attached hydrogen (secondary N) is 1. The molecule has 2 aliphatic rings. The predicted molar refractivity (Wildman–Crippen MR) is 118 cm³/mol.